The molecule has 0 amide bonds. The van der Waals surface area contributed by atoms with Crippen LogP contribution in [0.25, 0.3) is 22.8 Å². The quantitative estimate of drug-likeness (QED) is 0.790. The predicted octanol–water partition coefficient (Wildman–Crippen LogP) is 2.30. The Labute approximate surface area is 120 Å². The summed E-state index contributed by atoms with van der Waals surface area (Å²) in [5, 5.41) is 17.1. The molecule has 0 saturated carbocycles. The van der Waals surface area contributed by atoms with Crippen molar-refractivity contribution in [3.63, 3.8) is 0 Å². The van der Waals surface area contributed by atoms with Crippen molar-refractivity contribution in [3.8, 4) is 22.8 Å². The number of hydrogen-bond acceptors (Lipinski definition) is 5. The molecule has 2 heterocycles. The molecule has 0 radical (unpaired) electrons. The lowest BCUT2D eigenvalue weighted by atomic mass is 10.1. The third kappa shape index (κ3) is 2.74. The van der Waals surface area contributed by atoms with Crippen LogP contribution in [-0.2, 0) is 0 Å². The fraction of sp³-hybridized carbons (Fsp3) is 0. The molecule has 6 nitrogen and oxygen atoms in total. The van der Waals surface area contributed by atoms with E-state index < -0.39 is 5.97 Å². The maximum absolute atomic E-state index is 10.8. The van der Waals surface area contributed by atoms with Crippen molar-refractivity contribution in [3.05, 3.63) is 60.4 Å². The molecule has 6 heteroatoms. The van der Waals surface area contributed by atoms with E-state index in [4.69, 9.17) is 5.11 Å². The normalized spacial score (nSPS) is 10.3. The summed E-state index contributed by atoms with van der Waals surface area (Å²) in [5.41, 5.74) is 2.28. The van der Waals surface area contributed by atoms with Crippen molar-refractivity contribution in [2.24, 2.45) is 0 Å². The number of benzene rings is 1. The first kappa shape index (κ1) is 12.9. The first-order chi connectivity index (χ1) is 10.2. The van der Waals surface area contributed by atoms with Gasteiger partial charge in [0, 0.05) is 18.0 Å². The SMILES string of the molecule is O=C(O)c1ccc(-c2ccc(-c3ncccn3)nn2)cc1. The molecule has 3 rings (SSSR count). The molecule has 2 aromatic heterocycles. The van der Waals surface area contributed by atoms with E-state index in [1.165, 1.54) is 12.1 Å². The second-order valence-electron chi connectivity index (χ2n) is 4.26. The van der Waals surface area contributed by atoms with Crippen LogP contribution in [0.2, 0.25) is 0 Å². The average molecular weight is 278 g/mol. The van der Waals surface area contributed by atoms with Gasteiger partial charge in [0.25, 0.3) is 0 Å². The molecular formula is C15H10N4O2. The molecule has 3 aromatic rings. The van der Waals surface area contributed by atoms with Gasteiger partial charge in [-0.2, -0.15) is 0 Å². The highest BCUT2D eigenvalue weighted by Crippen LogP contribution is 2.19. The lowest BCUT2D eigenvalue weighted by molar-refractivity contribution is 0.0697. The van der Waals surface area contributed by atoms with Crippen LogP contribution >= 0.6 is 0 Å². The van der Waals surface area contributed by atoms with E-state index in [1.807, 2.05) is 0 Å². The first-order valence-electron chi connectivity index (χ1n) is 6.19. The Kier molecular flexibility index (Phi) is 3.34. The Morgan fingerprint density at radius 3 is 2.05 bits per heavy atom. The lowest BCUT2D eigenvalue weighted by Gasteiger charge is -2.02. The minimum atomic E-state index is -0.954. The van der Waals surface area contributed by atoms with Crippen LogP contribution in [0.15, 0.2) is 54.9 Å². The summed E-state index contributed by atoms with van der Waals surface area (Å²) in [4.78, 5) is 19.0. The molecule has 0 aliphatic heterocycles. The molecular weight excluding hydrogens is 268 g/mol. The number of rotatable bonds is 3. The first-order valence-corrected chi connectivity index (χ1v) is 6.19. The predicted molar refractivity (Wildman–Crippen MR) is 75.5 cm³/mol. The number of aromatic nitrogens is 4. The summed E-state index contributed by atoms with van der Waals surface area (Å²) in [6.45, 7) is 0. The highest BCUT2D eigenvalue weighted by molar-refractivity contribution is 5.88. The zero-order valence-corrected chi connectivity index (χ0v) is 10.8. The van der Waals surface area contributed by atoms with Gasteiger partial charge < -0.3 is 5.11 Å². The number of hydrogen-bond donors (Lipinski definition) is 1. The third-order valence-corrected chi connectivity index (χ3v) is 2.89. The average Bonchev–Trinajstić information content (AvgIpc) is 2.56. The molecule has 1 N–H and O–H groups in total. The number of carboxylic acid groups (broad SMARTS) is 1. The molecule has 0 unspecified atom stereocenters. The van der Waals surface area contributed by atoms with Crippen molar-refractivity contribution in [1.82, 2.24) is 20.2 Å². The largest absolute Gasteiger partial charge is 0.478 e. The van der Waals surface area contributed by atoms with E-state index in [2.05, 4.69) is 20.2 Å². The number of carboxylic acids is 1. The Morgan fingerprint density at radius 2 is 1.48 bits per heavy atom. The van der Waals surface area contributed by atoms with Gasteiger partial charge in [0.1, 0.15) is 5.69 Å². The fourth-order valence-electron chi connectivity index (χ4n) is 1.82. The summed E-state index contributed by atoms with van der Waals surface area (Å²) in [6, 6.07) is 11.8. The zero-order chi connectivity index (χ0) is 14.7. The molecule has 0 bridgehead atoms. The van der Waals surface area contributed by atoms with Crippen molar-refractivity contribution in [1.29, 1.82) is 0 Å². The summed E-state index contributed by atoms with van der Waals surface area (Å²) in [7, 11) is 0. The van der Waals surface area contributed by atoms with Crippen molar-refractivity contribution in [2.75, 3.05) is 0 Å². The van der Waals surface area contributed by atoms with Crippen LogP contribution in [0.1, 0.15) is 10.4 Å². The molecule has 0 atom stereocenters. The van der Waals surface area contributed by atoms with Gasteiger partial charge in [-0.1, -0.05) is 12.1 Å². The molecule has 21 heavy (non-hydrogen) atoms. The van der Waals surface area contributed by atoms with E-state index in [-0.39, 0.29) is 5.56 Å². The minimum absolute atomic E-state index is 0.237. The minimum Gasteiger partial charge on any atom is -0.478 e. The van der Waals surface area contributed by atoms with Crippen molar-refractivity contribution < 1.29 is 9.90 Å². The monoisotopic (exact) mass is 278 g/mol. The fourth-order valence-corrected chi connectivity index (χ4v) is 1.82. The Hall–Kier alpha value is -3.15. The topological polar surface area (TPSA) is 88.9 Å². The van der Waals surface area contributed by atoms with E-state index >= 15 is 0 Å². The molecule has 102 valence electrons. The Balaban J connectivity index is 1.89. The van der Waals surface area contributed by atoms with Gasteiger partial charge in [-0.05, 0) is 30.3 Å². The molecule has 0 spiro atoms. The number of nitrogens with zero attached hydrogens (tertiary/aromatic N) is 4. The van der Waals surface area contributed by atoms with Crippen LogP contribution in [-0.4, -0.2) is 31.2 Å². The van der Waals surface area contributed by atoms with E-state index in [0.717, 1.165) is 5.56 Å². The smallest absolute Gasteiger partial charge is 0.335 e. The van der Waals surface area contributed by atoms with E-state index in [1.54, 1.807) is 42.7 Å². The van der Waals surface area contributed by atoms with Crippen molar-refractivity contribution in [2.45, 2.75) is 0 Å². The molecule has 0 aliphatic rings. The van der Waals surface area contributed by atoms with Crippen LogP contribution in [0, 0.1) is 0 Å². The van der Waals surface area contributed by atoms with Gasteiger partial charge in [-0.15, -0.1) is 10.2 Å². The zero-order valence-electron chi connectivity index (χ0n) is 10.8. The summed E-state index contributed by atoms with van der Waals surface area (Å²) < 4.78 is 0. The van der Waals surface area contributed by atoms with Gasteiger partial charge in [0.05, 0.1) is 11.3 Å². The molecule has 0 fully saturated rings. The molecule has 0 aliphatic carbocycles. The van der Waals surface area contributed by atoms with Gasteiger partial charge in [-0.3, -0.25) is 0 Å². The maximum atomic E-state index is 10.8. The highest BCUT2D eigenvalue weighted by Gasteiger charge is 2.06. The van der Waals surface area contributed by atoms with Gasteiger partial charge in [0.15, 0.2) is 5.82 Å². The Bertz CT molecular complexity index is 756. The van der Waals surface area contributed by atoms with Gasteiger partial charge in [0.2, 0.25) is 0 Å². The van der Waals surface area contributed by atoms with Crippen LogP contribution in [0.5, 0.6) is 0 Å². The van der Waals surface area contributed by atoms with Crippen LogP contribution in [0.3, 0.4) is 0 Å². The van der Waals surface area contributed by atoms with Crippen molar-refractivity contribution >= 4 is 5.97 Å². The van der Waals surface area contributed by atoms with E-state index in [9.17, 15) is 4.79 Å². The molecule has 1 aromatic carbocycles. The third-order valence-electron chi connectivity index (χ3n) is 2.89. The second-order valence-corrected chi connectivity index (χ2v) is 4.26. The Morgan fingerprint density at radius 1 is 0.857 bits per heavy atom. The lowest BCUT2D eigenvalue weighted by Crippen LogP contribution is -1.96. The number of carbonyl (C=O) groups is 1. The van der Waals surface area contributed by atoms with Crippen LogP contribution in [0.4, 0.5) is 0 Å². The highest BCUT2D eigenvalue weighted by atomic mass is 16.4. The second kappa shape index (κ2) is 5.46. The summed E-state index contributed by atoms with van der Waals surface area (Å²) >= 11 is 0. The van der Waals surface area contributed by atoms with E-state index in [0.29, 0.717) is 17.2 Å². The van der Waals surface area contributed by atoms with Gasteiger partial charge in [-0.25, -0.2) is 14.8 Å². The summed E-state index contributed by atoms with van der Waals surface area (Å²) in [5.74, 6) is -0.443. The standard InChI is InChI=1S/C15H10N4O2/c20-15(21)11-4-2-10(3-5-11)12-6-7-13(19-18-12)14-16-8-1-9-17-14/h1-9H,(H,20,21). The van der Waals surface area contributed by atoms with Gasteiger partial charge >= 0.3 is 5.97 Å². The van der Waals surface area contributed by atoms with Crippen LogP contribution < -0.4 is 0 Å². The summed E-state index contributed by atoms with van der Waals surface area (Å²) in [6.07, 6.45) is 3.28. The number of aromatic carboxylic acids is 1. The molecule has 0 saturated heterocycles. The maximum Gasteiger partial charge on any atom is 0.335 e.